The first-order valence-electron chi connectivity index (χ1n) is 6.64. The van der Waals surface area contributed by atoms with E-state index in [1.54, 1.807) is 31.3 Å². The third-order valence-electron chi connectivity index (χ3n) is 3.07. The lowest BCUT2D eigenvalue weighted by molar-refractivity contribution is -0.116. The summed E-state index contributed by atoms with van der Waals surface area (Å²) in [6.07, 6.45) is 0. The minimum atomic E-state index is -0.519. The number of carbonyl (C=O) groups excluding carboxylic acids is 2. The molecule has 0 unspecified atom stereocenters. The van der Waals surface area contributed by atoms with E-state index in [1.165, 1.54) is 30.0 Å². The van der Waals surface area contributed by atoms with Gasteiger partial charge in [0, 0.05) is 19.7 Å². The molecule has 6 heteroatoms. The standard InChI is InChI=1S/C16H16FN3O2/c1-11(21)20(2)15-9-8-12(17)10-14(15)19-16(22)18-13-6-4-3-5-7-13/h3-10H,1-2H3,(H2,18,19,22). The highest BCUT2D eigenvalue weighted by atomic mass is 19.1. The monoisotopic (exact) mass is 301 g/mol. The molecule has 0 aliphatic carbocycles. The summed E-state index contributed by atoms with van der Waals surface area (Å²) in [5.74, 6) is -0.728. The second kappa shape index (κ2) is 6.71. The number of hydrogen-bond acceptors (Lipinski definition) is 2. The molecule has 0 heterocycles. The van der Waals surface area contributed by atoms with Crippen molar-refractivity contribution in [3.05, 3.63) is 54.3 Å². The summed E-state index contributed by atoms with van der Waals surface area (Å²) in [7, 11) is 1.55. The molecule has 0 saturated heterocycles. The maximum atomic E-state index is 13.4. The van der Waals surface area contributed by atoms with Crippen molar-refractivity contribution < 1.29 is 14.0 Å². The number of anilines is 3. The highest BCUT2D eigenvalue weighted by Crippen LogP contribution is 2.26. The zero-order chi connectivity index (χ0) is 16.1. The first-order chi connectivity index (χ1) is 10.5. The van der Waals surface area contributed by atoms with Crippen LogP contribution in [0.3, 0.4) is 0 Å². The van der Waals surface area contributed by atoms with Crippen molar-refractivity contribution in [2.75, 3.05) is 22.6 Å². The molecule has 0 aliphatic rings. The van der Waals surface area contributed by atoms with Crippen LogP contribution >= 0.6 is 0 Å². The van der Waals surface area contributed by atoms with Crippen molar-refractivity contribution in [3.63, 3.8) is 0 Å². The van der Waals surface area contributed by atoms with Crippen molar-refractivity contribution in [1.29, 1.82) is 0 Å². The predicted octanol–water partition coefficient (Wildman–Crippen LogP) is 3.45. The van der Waals surface area contributed by atoms with Crippen molar-refractivity contribution in [2.24, 2.45) is 0 Å². The maximum Gasteiger partial charge on any atom is 0.323 e. The number of halogens is 1. The molecule has 2 N–H and O–H groups in total. The van der Waals surface area contributed by atoms with Gasteiger partial charge in [-0.2, -0.15) is 0 Å². The van der Waals surface area contributed by atoms with Crippen LogP contribution in [0.4, 0.5) is 26.2 Å². The average Bonchev–Trinajstić information content (AvgIpc) is 2.47. The van der Waals surface area contributed by atoms with Crippen LogP contribution < -0.4 is 15.5 Å². The summed E-state index contributed by atoms with van der Waals surface area (Å²) in [6.45, 7) is 1.39. The zero-order valence-electron chi connectivity index (χ0n) is 12.3. The number of urea groups is 1. The number of nitrogens with one attached hydrogen (secondary N) is 2. The fourth-order valence-electron chi connectivity index (χ4n) is 1.88. The molecule has 2 aromatic carbocycles. The number of para-hydroxylation sites is 1. The average molecular weight is 301 g/mol. The number of benzene rings is 2. The number of rotatable bonds is 3. The van der Waals surface area contributed by atoms with Crippen LogP contribution in [0.2, 0.25) is 0 Å². The molecule has 114 valence electrons. The van der Waals surface area contributed by atoms with Crippen LogP contribution in [-0.4, -0.2) is 19.0 Å². The van der Waals surface area contributed by atoms with Crippen LogP contribution in [0.25, 0.3) is 0 Å². The minimum absolute atomic E-state index is 0.214. The number of nitrogens with zero attached hydrogens (tertiary/aromatic N) is 1. The second-order valence-corrected chi connectivity index (χ2v) is 4.68. The van der Waals surface area contributed by atoms with Crippen LogP contribution in [0.5, 0.6) is 0 Å². The third kappa shape index (κ3) is 3.82. The maximum absolute atomic E-state index is 13.4. The molecular weight excluding hydrogens is 285 g/mol. The molecule has 0 atom stereocenters. The number of hydrogen-bond donors (Lipinski definition) is 2. The van der Waals surface area contributed by atoms with Gasteiger partial charge in [0.2, 0.25) is 5.91 Å². The molecule has 0 aliphatic heterocycles. The Bertz CT molecular complexity index is 689. The highest BCUT2D eigenvalue weighted by molar-refractivity contribution is 6.04. The molecule has 22 heavy (non-hydrogen) atoms. The summed E-state index contributed by atoms with van der Waals surface area (Å²) in [4.78, 5) is 24.8. The number of amides is 3. The molecule has 5 nitrogen and oxygen atoms in total. The van der Waals surface area contributed by atoms with Gasteiger partial charge in [-0.15, -0.1) is 0 Å². The Hall–Kier alpha value is -2.89. The normalized spacial score (nSPS) is 9.95. The second-order valence-electron chi connectivity index (χ2n) is 4.68. The molecule has 0 radical (unpaired) electrons. The van der Waals surface area contributed by atoms with Gasteiger partial charge in [0.05, 0.1) is 11.4 Å². The fourth-order valence-corrected chi connectivity index (χ4v) is 1.88. The van der Waals surface area contributed by atoms with Crippen molar-refractivity contribution >= 4 is 29.0 Å². The first-order valence-corrected chi connectivity index (χ1v) is 6.64. The van der Waals surface area contributed by atoms with Gasteiger partial charge in [-0.1, -0.05) is 18.2 Å². The predicted molar refractivity (Wildman–Crippen MR) is 84.6 cm³/mol. The SMILES string of the molecule is CC(=O)N(C)c1ccc(F)cc1NC(=O)Nc1ccccc1. The van der Waals surface area contributed by atoms with Crippen molar-refractivity contribution in [2.45, 2.75) is 6.92 Å². The zero-order valence-corrected chi connectivity index (χ0v) is 12.3. The van der Waals surface area contributed by atoms with Gasteiger partial charge >= 0.3 is 6.03 Å². The van der Waals surface area contributed by atoms with Gasteiger partial charge in [0.15, 0.2) is 0 Å². The van der Waals surface area contributed by atoms with Crippen LogP contribution in [-0.2, 0) is 4.79 Å². The lowest BCUT2D eigenvalue weighted by Gasteiger charge is -2.19. The molecule has 0 aromatic heterocycles. The number of carbonyl (C=O) groups is 2. The summed E-state index contributed by atoms with van der Waals surface area (Å²) >= 11 is 0. The molecule has 0 spiro atoms. The first kappa shape index (κ1) is 15.5. The van der Waals surface area contributed by atoms with E-state index in [1.807, 2.05) is 6.07 Å². The summed E-state index contributed by atoms with van der Waals surface area (Å²) < 4.78 is 13.4. The lowest BCUT2D eigenvalue weighted by atomic mass is 10.2. The van der Waals surface area contributed by atoms with E-state index in [4.69, 9.17) is 0 Å². The minimum Gasteiger partial charge on any atom is -0.314 e. The van der Waals surface area contributed by atoms with Gasteiger partial charge in [-0.05, 0) is 30.3 Å². The smallest absolute Gasteiger partial charge is 0.314 e. The lowest BCUT2D eigenvalue weighted by Crippen LogP contribution is -2.26. The van der Waals surface area contributed by atoms with Gasteiger partial charge < -0.3 is 15.5 Å². The van der Waals surface area contributed by atoms with Crippen LogP contribution in [0, 0.1) is 5.82 Å². The van der Waals surface area contributed by atoms with Crippen molar-refractivity contribution in [1.82, 2.24) is 0 Å². The summed E-state index contributed by atoms with van der Waals surface area (Å²) in [5.41, 5.74) is 1.24. The Labute approximate surface area is 127 Å². The summed E-state index contributed by atoms with van der Waals surface area (Å²) in [6, 6.07) is 12.2. The van der Waals surface area contributed by atoms with Crippen LogP contribution in [0.1, 0.15) is 6.92 Å². The van der Waals surface area contributed by atoms with E-state index in [0.29, 0.717) is 11.4 Å². The van der Waals surface area contributed by atoms with Gasteiger partial charge in [0.1, 0.15) is 5.82 Å². The molecule has 3 amide bonds. The van der Waals surface area contributed by atoms with E-state index in [0.717, 1.165) is 0 Å². The van der Waals surface area contributed by atoms with Gasteiger partial charge in [-0.25, -0.2) is 9.18 Å². The van der Waals surface area contributed by atoms with E-state index < -0.39 is 11.8 Å². The Kier molecular flexibility index (Phi) is 4.73. The largest absolute Gasteiger partial charge is 0.323 e. The molecule has 2 rings (SSSR count). The topological polar surface area (TPSA) is 61.4 Å². The summed E-state index contributed by atoms with van der Waals surface area (Å²) in [5, 5.41) is 5.18. The Morgan fingerprint density at radius 2 is 1.73 bits per heavy atom. The molecule has 0 bridgehead atoms. The van der Waals surface area contributed by atoms with Gasteiger partial charge in [-0.3, -0.25) is 4.79 Å². The molecule has 0 fully saturated rings. The third-order valence-corrected chi connectivity index (χ3v) is 3.07. The quantitative estimate of drug-likeness (QED) is 0.912. The highest BCUT2D eigenvalue weighted by Gasteiger charge is 2.14. The Morgan fingerprint density at radius 3 is 2.36 bits per heavy atom. The Balaban J connectivity index is 2.19. The van der Waals surface area contributed by atoms with E-state index >= 15 is 0 Å². The van der Waals surface area contributed by atoms with E-state index in [9.17, 15) is 14.0 Å². The fraction of sp³-hybridized carbons (Fsp3) is 0.125. The molecule has 2 aromatic rings. The Morgan fingerprint density at radius 1 is 1.05 bits per heavy atom. The molecule has 0 saturated carbocycles. The van der Waals surface area contributed by atoms with Gasteiger partial charge in [0.25, 0.3) is 0 Å². The van der Waals surface area contributed by atoms with Crippen molar-refractivity contribution in [3.8, 4) is 0 Å². The van der Waals surface area contributed by atoms with E-state index in [2.05, 4.69) is 10.6 Å². The van der Waals surface area contributed by atoms with E-state index in [-0.39, 0.29) is 11.6 Å². The van der Waals surface area contributed by atoms with Crippen LogP contribution in [0.15, 0.2) is 48.5 Å². The molecular formula is C16H16FN3O2.